The maximum atomic E-state index is 13.6. The van der Waals surface area contributed by atoms with Gasteiger partial charge < -0.3 is 26.4 Å². The fourth-order valence-corrected chi connectivity index (χ4v) is 3.93. The van der Waals surface area contributed by atoms with Gasteiger partial charge in [-0.15, -0.1) is 0 Å². The van der Waals surface area contributed by atoms with Crippen molar-refractivity contribution in [1.82, 2.24) is 9.88 Å². The molecule has 0 bridgehead atoms. The maximum absolute atomic E-state index is 13.6. The molecule has 1 aromatic carbocycles. The Morgan fingerprint density at radius 1 is 1.20 bits per heavy atom. The van der Waals surface area contributed by atoms with Gasteiger partial charge in [0.05, 0.1) is 12.3 Å². The van der Waals surface area contributed by atoms with Gasteiger partial charge in [-0.1, -0.05) is 6.07 Å². The van der Waals surface area contributed by atoms with E-state index in [4.69, 9.17) is 16.2 Å². The topological polar surface area (TPSA) is 106 Å². The molecule has 35 heavy (non-hydrogen) atoms. The van der Waals surface area contributed by atoms with E-state index >= 15 is 0 Å². The molecule has 0 spiro atoms. The third kappa shape index (κ3) is 6.71. The number of halogens is 2. The number of piperidine rings is 1. The van der Waals surface area contributed by atoms with Crippen LogP contribution in [0.5, 0.6) is 0 Å². The van der Waals surface area contributed by atoms with Crippen LogP contribution < -0.4 is 16.8 Å². The largest absolute Gasteiger partial charge is 0.478 e. The summed E-state index contributed by atoms with van der Waals surface area (Å²) in [5.74, 6) is -3.35. The van der Waals surface area contributed by atoms with Crippen molar-refractivity contribution in [3.05, 3.63) is 76.6 Å². The average Bonchev–Trinajstić information content (AvgIpc) is 2.83. The quantitative estimate of drug-likeness (QED) is 0.370. The second-order valence-corrected chi connectivity index (χ2v) is 8.63. The van der Waals surface area contributed by atoms with Crippen molar-refractivity contribution in [2.45, 2.75) is 46.0 Å². The highest BCUT2D eigenvalue weighted by Crippen LogP contribution is 2.27. The molecule has 188 valence electrons. The summed E-state index contributed by atoms with van der Waals surface area (Å²) in [6.07, 6.45) is 6.31. The van der Waals surface area contributed by atoms with Crippen LogP contribution >= 0.6 is 0 Å². The molecule has 0 aliphatic carbocycles. The van der Waals surface area contributed by atoms with Gasteiger partial charge in [-0.05, 0) is 69.0 Å². The Morgan fingerprint density at radius 2 is 1.91 bits per heavy atom. The second-order valence-electron chi connectivity index (χ2n) is 8.63. The molecule has 1 amide bonds. The first kappa shape index (κ1) is 26.0. The molecule has 5 N–H and O–H groups in total. The summed E-state index contributed by atoms with van der Waals surface area (Å²) in [6, 6.07) is 7.79. The number of ether oxygens (including phenoxy) is 1. The number of rotatable bonds is 8. The van der Waals surface area contributed by atoms with Crippen molar-refractivity contribution >= 4 is 17.3 Å². The summed E-state index contributed by atoms with van der Waals surface area (Å²) in [7, 11) is 0. The predicted molar refractivity (Wildman–Crippen MR) is 133 cm³/mol. The van der Waals surface area contributed by atoms with Gasteiger partial charge in [0.1, 0.15) is 5.69 Å². The Hall–Kier alpha value is -3.62. The van der Waals surface area contributed by atoms with Crippen molar-refractivity contribution in [3.8, 4) is 0 Å². The second kappa shape index (κ2) is 11.2. The molecule has 7 nitrogen and oxygen atoms in total. The predicted octanol–water partition coefficient (Wildman–Crippen LogP) is 4.70. The molecule has 1 saturated heterocycles. The molecule has 1 aliphatic rings. The summed E-state index contributed by atoms with van der Waals surface area (Å²) in [5, 5.41) is 2.75. The van der Waals surface area contributed by atoms with E-state index in [1.54, 1.807) is 12.1 Å². The number of nitrogens with one attached hydrogen (secondary N) is 1. The number of allylic oxidation sites excluding steroid dienone is 1. The fourth-order valence-electron chi connectivity index (χ4n) is 3.93. The molecule has 0 unspecified atom stereocenters. The molecule has 1 aliphatic heterocycles. The lowest BCUT2D eigenvalue weighted by molar-refractivity contribution is 0.0127. The van der Waals surface area contributed by atoms with Gasteiger partial charge in [-0.3, -0.25) is 9.78 Å². The van der Waals surface area contributed by atoms with Crippen molar-refractivity contribution in [2.75, 3.05) is 25.0 Å². The van der Waals surface area contributed by atoms with E-state index in [1.807, 2.05) is 26.0 Å². The number of aromatic nitrogens is 1. The number of aryl methyl sites for hydroxylation is 1. The molecule has 3 rings (SSSR count). The number of pyridine rings is 1. The number of nitrogens with zero attached hydrogens (tertiary/aromatic N) is 2. The number of benzene rings is 1. The van der Waals surface area contributed by atoms with Crippen LogP contribution in [0.15, 0.2) is 54.2 Å². The van der Waals surface area contributed by atoms with Gasteiger partial charge in [0, 0.05) is 48.7 Å². The highest BCUT2D eigenvalue weighted by atomic mass is 19.3. The Kier molecular flexibility index (Phi) is 8.32. The maximum Gasteiger partial charge on any atom is 0.286 e. The Morgan fingerprint density at radius 3 is 2.57 bits per heavy atom. The lowest BCUT2D eigenvalue weighted by Crippen LogP contribution is -2.31. The molecule has 0 saturated carbocycles. The van der Waals surface area contributed by atoms with E-state index in [2.05, 4.69) is 15.2 Å². The van der Waals surface area contributed by atoms with Crippen molar-refractivity contribution in [2.24, 2.45) is 11.5 Å². The van der Waals surface area contributed by atoms with E-state index in [0.29, 0.717) is 23.9 Å². The average molecular weight is 486 g/mol. The summed E-state index contributed by atoms with van der Waals surface area (Å²) in [6.45, 7) is 6.70. The molecule has 2 aromatic rings. The van der Waals surface area contributed by atoms with Gasteiger partial charge in [-0.2, -0.15) is 8.78 Å². The third-order valence-corrected chi connectivity index (χ3v) is 5.82. The van der Waals surface area contributed by atoms with Crippen LogP contribution in [-0.2, 0) is 10.7 Å². The van der Waals surface area contributed by atoms with E-state index in [-0.39, 0.29) is 5.56 Å². The molecule has 1 aromatic heterocycles. The minimum absolute atomic E-state index is 0.0852. The van der Waals surface area contributed by atoms with Gasteiger partial charge in [0.15, 0.2) is 0 Å². The number of amides is 1. The van der Waals surface area contributed by atoms with Crippen molar-refractivity contribution in [3.63, 3.8) is 0 Å². The number of carbonyl (C=O) groups is 1. The van der Waals surface area contributed by atoms with Gasteiger partial charge >= 0.3 is 0 Å². The lowest BCUT2D eigenvalue weighted by atomic mass is 10.0. The van der Waals surface area contributed by atoms with Gasteiger partial charge in [0.25, 0.3) is 11.8 Å². The molecule has 1 fully saturated rings. The number of nitrogens with two attached hydrogens (primary N) is 2. The third-order valence-electron chi connectivity index (χ3n) is 5.82. The number of carbonyl (C=O) groups excluding carboxylic acids is 1. The molecular weight excluding hydrogens is 452 g/mol. The Balaban J connectivity index is 1.88. The highest BCUT2D eigenvalue weighted by Gasteiger charge is 2.27. The normalized spacial score (nSPS) is 15.5. The summed E-state index contributed by atoms with van der Waals surface area (Å²) in [5.41, 5.74) is 15.7. The minimum Gasteiger partial charge on any atom is -0.478 e. The van der Waals surface area contributed by atoms with Crippen LogP contribution in [0.1, 0.15) is 60.3 Å². The van der Waals surface area contributed by atoms with E-state index < -0.39 is 17.5 Å². The van der Waals surface area contributed by atoms with Crippen molar-refractivity contribution in [1.29, 1.82) is 0 Å². The van der Waals surface area contributed by atoms with E-state index in [9.17, 15) is 13.6 Å². The standard InChI is InChI=1S/C26H33F2N5O2/c1-4-35-24(30)22(33-12-6-5-7-13-33)16-21(29)20-15-19(9-8-17(20)2)32-25(34)18-10-11-31-23(14-18)26(3,27)28/h8-11,14-16H,4-7,12-13,29-30H2,1-3H3,(H,32,34)/b21-16-,24-22-. The minimum atomic E-state index is -3.14. The zero-order chi connectivity index (χ0) is 25.6. The van der Waals surface area contributed by atoms with Crippen LogP contribution in [0, 0.1) is 6.92 Å². The van der Waals surface area contributed by atoms with E-state index in [1.165, 1.54) is 18.7 Å². The number of anilines is 1. The smallest absolute Gasteiger partial charge is 0.286 e. The number of likely N-dealkylation sites (tertiary alicyclic amines) is 1. The summed E-state index contributed by atoms with van der Waals surface area (Å²) in [4.78, 5) is 18.6. The number of alkyl halides is 2. The molecule has 2 heterocycles. The molecular formula is C26H33F2N5O2. The van der Waals surface area contributed by atoms with Crippen molar-refractivity contribution < 1.29 is 18.3 Å². The molecule has 9 heteroatoms. The van der Waals surface area contributed by atoms with Crippen LogP contribution in [-0.4, -0.2) is 35.5 Å². The van der Waals surface area contributed by atoms with Crippen LogP contribution in [0.4, 0.5) is 14.5 Å². The summed E-state index contributed by atoms with van der Waals surface area (Å²) < 4.78 is 32.8. The SMILES string of the molecule is CCO/C(N)=C(/C=C(\N)c1cc(NC(=O)c2ccnc(C(C)(F)F)c2)ccc1C)N1CCCCC1. The fraction of sp³-hybridized carbons (Fsp3) is 0.385. The van der Waals surface area contributed by atoms with Gasteiger partial charge in [-0.25, -0.2) is 0 Å². The summed E-state index contributed by atoms with van der Waals surface area (Å²) >= 11 is 0. The highest BCUT2D eigenvalue weighted by molar-refractivity contribution is 6.04. The lowest BCUT2D eigenvalue weighted by Gasteiger charge is -2.30. The van der Waals surface area contributed by atoms with Crippen LogP contribution in [0.25, 0.3) is 5.70 Å². The van der Waals surface area contributed by atoms with Crippen LogP contribution in [0.3, 0.4) is 0 Å². The first-order valence-corrected chi connectivity index (χ1v) is 11.7. The Labute approximate surface area is 204 Å². The van der Waals surface area contributed by atoms with Crippen LogP contribution in [0.2, 0.25) is 0 Å². The molecule has 0 radical (unpaired) electrons. The number of hydrogen-bond donors (Lipinski definition) is 3. The van der Waals surface area contributed by atoms with E-state index in [0.717, 1.165) is 55.7 Å². The zero-order valence-electron chi connectivity index (χ0n) is 20.4. The first-order chi connectivity index (χ1) is 16.6. The first-order valence-electron chi connectivity index (χ1n) is 11.7. The zero-order valence-corrected chi connectivity index (χ0v) is 20.4. The monoisotopic (exact) mass is 485 g/mol. The molecule has 0 atom stereocenters. The number of hydrogen-bond acceptors (Lipinski definition) is 6. The van der Waals surface area contributed by atoms with Gasteiger partial charge in [0.2, 0.25) is 5.88 Å². The Bertz CT molecular complexity index is 1120.